The Balaban J connectivity index is 0. The van der Waals surface area contributed by atoms with Crippen LogP contribution in [-0.4, -0.2) is 49.7 Å². The van der Waals surface area contributed by atoms with Crippen LogP contribution < -0.4 is 0 Å². The molecule has 0 bridgehead atoms. The molecular formula is C8H10Cl6O6. The zero-order chi connectivity index (χ0) is 16.3. The number of halogens is 6. The van der Waals surface area contributed by atoms with E-state index in [-0.39, 0.29) is 12.3 Å². The van der Waals surface area contributed by atoms with Crippen LogP contribution in [0.4, 0.5) is 9.59 Å². The highest BCUT2D eigenvalue weighted by Crippen LogP contribution is 2.15. The lowest BCUT2D eigenvalue weighted by Gasteiger charge is -2.12. The maximum absolute atomic E-state index is 9.98. The van der Waals surface area contributed by atoms with Gasteiger partial charge in [0.15, 0.2) is 4.84 Å². The monoisotopic (exact) mass is 412 g/mol. The van der Waals surface area contributed by atoms with Crippen LogP contribution in [0.25, 0.3) is 0 Å². The molecular weight excluding hydrogens is 405 g/mol. The van der Waals surface area contributed by atoms with Gasteiger partial charge in [0.25, 0.3) is 0 Å². The molecule has 0 saturated carbocycles. The molecule has 2 unspecified atom stereocenters. The average Bonchev–Trinajstić information content (AvgIpc) is 2.26. The summed E-state index contributed by atoms with van der Waals surface area (Å²) in [6.07, 6.45) is -3.29. The summed E-state index contributed by atoms with van der Waals surface area (Å²) in [5.74, 6) is 0.0578. The fourth-order valence-corrected chi connectivity index (χ4v) is 1.40. The topological polar surface area (TPSA) is 93.1 Å². The molecule has 0 fully saturated rings. The summed E-state index contributed by atoms with van der Waals surface area (Å²) in [4.78, 5) is 18.0. The first-order valence-corrected chi connectivity index (χ1v) is 7.37. The van der Waals surface area contributed by atoms with Gasteiger partial charge in [-0.1, -0.05) is 34.8 Å². The van der Waals surface area contributed by atoms with Crippen LogP contribution in [0.5, 0.6) is 0 Å². The van der Waals surface area contributed by atoms with Crippen molar-refractivity contribution in [3.63, 3.8) is 0 Å². The van der Waals surface area contributed by atoms with Gasteiger partial charge >= 0.3 is 12.3 Å². The lowest BCUT2D eigenvalue weighted by Crippen LogP contribution is -2.20. The van der Waals surface area contributed by atoms with E-state index in [0.717, 1.165) is 0 Å². The van der Waals surface area contributed by atoms with Crippen LogP contribution in [0.15, 0.2) is 0 Å². The van der Waals surface area contributed by atoms with Crippen LogP contribution in [0.2, 0.25) is 0 Å². The van der Waals surface area contributed by atoms with E-state index in [1.165, 1.54) is 0 Å². The van der Waals surface area contributed by atoms with Gasteiger partial charge in [-0.2, -0.15) is 0 Å². The zero-order valence-electron chi connectivity index (χ0n) is 9.52. The molecule has 0 aromatic carbocycles. The maximum Gasteiger partial charge on any atom is 0.507 e. The number of hydrogen-bond acceptors (Lipinski definition) is 4. The molecule has 6 nitrogen and oxygen atoms in total. The van der Waals surface area contributed by atoms with E-state index in [0.29, 0.717) is 0 Å². The standard InChI is InChI=1S/C5H7Cl3O3.C3H3Cl3O3/c6-2-3(1-4(7)8)11-5(9)10;4-1(5)2(6)9-3(7)8/h3-4H,1-2H2,(H,9,10);1-2H,(H,7,8). The Hall–Kier alpha value is 0.280. The Kier molecular flexibility index (Phi) is 14.6. The highest BCUT2D eigenvalue weighted by molar-refractivity contribution is 6.48. The Morgan fingerprint density at radius 3 is 1.60 bits per heavy atom. The van der Waals surface area contributed by atoms with E-state index in [1.54, 1.807) is 0 Å². The van der Waals surface area contributed by atoms with Gasteiger partial charge in [-0.15, -0.1) is 34.8 Å². The maximum atomic E-state index is 9.98. The van der Waals surface area contributed by atoms with E-state index in [9.17, 15) is 9.59 Å². The predicted octanol–water partition coefficient (Wildman–Crippen LogP) is 4.53. The molecule has 0 spiro atoms. The molecule has 2 atom stereocenters. The minimum atomic E-state index is -1.50. The second-order valence-corrected chi connectivity index (χ2v) is 6.04. The SMILES string of the molecule is O=C(O)OC(CCl)CC(Cl)Cl.O=C(O)OC(Cl)C(Cl)Cl. The minimum absolute atomic E-state index is 0.0578. The van der Waals surface area contributed by atoms with Crippen molar-refractivity contribution in [1.82, 2.24) is 0 Å². The zero-order valence-corrected chi connectivity index (χ0v) is 14.1. The van der Waals surface area contributed by atoms with Crippen LogP contribution in [0.1, 0.15) is 6.42 Å². The third kappa shape index (κ3) is 16.3. The third-order valence-corrected chi connectivity index (χ3v) is 3.05. The lowest BCUT2D eigenvalue weighted by atomic mass is 10.3. The van der Waals surface area contributed by atoms with Crippen LogP contribution in [0, 0.1) is 0 Å². The average molecular weight is 415 g/mol. The van der Waals surface area contributed by atoms with Crippen LogP contribution in [0.3, 0.4) is 0 Å². The van der Waals surface area contributed by atoms with Crippen molar-refractivity contribution >= 4 is 81.9 Å². The number of carbonyl (C=O) groups is 2. The fourth-order valence-electron chi connectivity index (χ4n) is 0.632. The van der Waals surface area contributed by atoms with Gasteiger partial charge in [0.1, 0.15) is 10.9 Å². The van der Waals surface area contributed by atoms with Crippen molar-refractivity contribution in [2.75, 3.05) is 5.88 Å². The van der Waals surface area contributed by atoms with Gasteiger partial charge in [0, 0.05) is 6.42 Å². The first kappa shape index (κ1) is 22.6. The fraction of sp³-hybridized carbons (Fsp3) is 0.750. The third-order valence-electron chi connectivity index (χ3n) is 1.29. The van der Waals surface area contributed by atoms with E-state index >= 15 is 0 Å². The van der Waals surface area contributed by atoms with Crippen molar-refractivity contribution in [2.45, 2.75) is 27.8 Å². The Morgan fingerprint density at radius 1 is 0.950 bits per heavy atom. The molecule has 2 N–H and O–H groups in total. The molecule has 0 aromatic heterocycles. The summed E-state index contributed by atoms with van der Waals surface area (Å²) in [7, 11) is 0. The van der Waals surface area contributed by atoms with Crippen molar-refractivity contribution < 1.29 is 29.3 Å². The van der Waals surface area contributed by atoms with Crippen LogP contribution >= 0.6 is 69.6 Å². The molecule has 0 radical (unpaired) electrons. The predicted molar refractivity (Wildman–Crippen MR) is 78.0 cm³/mol. The Labute approximate surface area is 144 Å². The number of hydrogen-bond donors (Lipinski definition) is 2. The molecule has 0 rings (SSSR count). The molecule has 0 heterocycles. The quantitative estimate of drug-likeness (QED) is 0.490. The van der Waals surface area contributed by atoms with E-state index in [2.05, 4.69) is 9.47 Å². The summed E-state index contributed by atoms with van der Waals surface area (Å²) in [6.45, 7) is 0. The van der Waals surface area contributed by atoms with E-state index in [1.807, 2.05) is 0 Å². The Bertz CT molecular complexity index is 289. The molecule has 20 heavy (non-hydrogen) atoms. The summed E-state index contributed by atoms with van der Waals surface area (Å²) in [6, 6.07) is 0. The molecule has 0 aromatic rings. The molecule has 12 heteroatoms. The second kappa shape index (κ2) is 13.0. The molecule has 0 aliphatic rings. The second-order valence-electron chi connectivity index (χ2n) is 2.86. The minimum Gasteiger partial charge on any atom is -0.450 e. The number of carboxylic acid groups (broad SMARTS) is 2. The first-order chi connectivity index (χ1) is 9.09. The molecule has 0 aliphatic heterocycles. The van der Waals surface area contributed by atoms with Crippen molar-refractivity contribution in [3.8, 4) is 0 Å². The van der Waals surface area contributed by atoms with E-state index in [4.69, 9.17) is 79.8 Å². The Morgan fingerprint density at radius 2 is 1.40 bits per heavy atom. The highest BCUT2D eigenvalue weighted by atomic mass is 35.5. The lowest BCUT2D eigenvalue weighted by molar-refractivity contribution is 0.0584. The number of rotatable bonds is 6. The molecule has 120 valence electrons. The van der Waals surface area contributed by atoms with Gasteiger partial charge in [-0.25, -0.2) is 9.59 Å². The largest absolute Gasteiger partial charge is 0.507 e. The van der Waals surface area contributed by atoms with Crippen molar-refractivity contribution in [1.29, 1.82) is 0 Å². The van der Waals surface area contributed by atoms with Crippen LogP contribution in [-0.2, 0) is 9.47 Å². The van der Waals surface area contributed by atoms with E-state index < -0.39 is 33.7 Å². The summed E-state index contributed by atoms with van der Waals surface area (Å²) < 4.78 is 8.26. The normalized spacial score (nSPS) is 13.2. The van der Waals surface area contributed by atoms with Crippen molar-refractivity contribution in [2.24, 2.45) is 0 Å². The van der Waals surface area contributed by atoms with Gasteiger partial charge < -0.3 is 19.7 Å². The first-order valence-electron chi connectivity index (χ1n) is 4.65. The van der Waals surface area contributed by atoms with Crippen molar-refractivity contribution in [3.05, 3.63) is 0 Å². The van der Waals surface area contributed by atoms with Gasteiger partial charge in [0.2, 0.25) is 5.56 Å². The number of alkyl halides is 6. The van der Waals surface area contributed by atoms with Gasteiger partial charge in [-0.05, 0) is 0 Å². The molecule has 0 aliphatic carbocycles. The summed E-state index contributed by atoms with van der Waals surface area (Å²) >= 11 is 31.5. The molecule has 0 saturated heterocycles. The smallest absolute Gasteiger partial charge is 0.450 e. The van der Waals surface area contributed by atoms with Gasteiger partial charge in [0.05, 0.1) is 5.88 Å². The van der Waals surface area contributed by atoms with Gasteiger partial charge in [-0.3, -0.25) is 0 Å². The summed E-state index contributed by atoms with van der Waals surface area (Å²) in [5.41, 5.74) is -1.20. The molecule has 0 amide bonds. The highest BCUT2D eigenvalue weighted by Gasteiger charge is 2.17. The summed E-state index contributed by atoms with van der Waals surface area (Å²) in [5, 5.41) is 16.1. The number of ether oxygens (including phenoxy) is 2.